The van der Waals surface area contributed by atoms with Gasteiger partial charge in [-0.05, 0) is 38.5 Å². The van der Waals surface area contributed by atoms with Crippen LogP contribution in [0.1, 0.15) is 65.7 Å². The second-order valence-electron chi connectivity index (χ2n) is 7.29. The third-order valence-corrected chi connectivity index (χ3v) is 4.83. The fourth-order valence-corrected chi connectivity index (χ4v) is 3.46. The van der Waals surface area contributed by atoms with Crippen LogP contribution in [0, 0.1) is 5.92 Å². The number of carbonyl (C=O) groups excluding carboxylic acids is 1. The molecule has 1 aliphatic carbocycles. The average Bonchev–Trinajstić information content (AvgIpc) is 2.85. The lowest BCUT2D eigenvalue weighted by Gasteiger charge is -2.33. The van der Waals surface area contributed by atoms with Crippen LogP contribution in [0.15, 0.2) is 0 Å². The number of carbonyl (C=O) groups is 1. The predicted molar refractivity (Wildman–Crippen MR) is 85.2 cm³/mol. The summed E-state index contributed by atoms with van der Waals surface area (Å²) in [5.41, 5.74) is 0.174. The summed E-state index contributed by atoms with van der Waals surface area (Å²) in [6.07, 6.45) is 9.06. The Morgan fingerprint density at radius 2 is 1.90 bits per heavy atom. The smallest absolute Gasteiger partial charge is 0.236 e. The molecule has 1 aliphatic heterocycles. The van der Waals surface area contributed by atoms with Gasteiger partial charge in [-0.2, -0.15) is 0 Å². The van der Waals surface area contributed by atoms with E-state index in [-0.39, 0.29) is 23.7 Å². The molecule has 2 N–H and O–H groups in total. The van der Waals surface area contributed by atoms with Crippen molar-refractivity contribution >= 4 is 5.91 Å². The van der Waals surface area contributed by atoms with E-state index in [9.17, 15) is 4.79 Å². The summed E-state index contributed by atoms with van der Waals surface area (Å²) in [7, 11) is 0. The fraction of sp³-hybridized carbons (Fsp3) is 0.941. The van der Waals surface area contributed by atoms with Crippen molar-refractivity contribution in [2.24, 2.45) is 5.92 Å². The second kappa shape index (κ2) is 7.59. The summed E-state index contributed by atoms with van der Waals surface area (Å²) in [6.45, 7) is 7.68. The Kier molecular flexibility index (Phi) is 6.06. The van der Waals surface area contributed by atoms with E-state index in [0.717, 1.165) is 19.5 Å². The molecule has 2 fully saturated rings. The zero-order chi connectivity index (χ0) is 15.3. The van der Waals surface area contributed by atoms with Crippen LogP contribution in [0.25, 0.3) is 0 Å². The van der Waals surface area contributed by atoms with Gasteiger partial charge < -0.3 is 15.4 Å². The summed E-state index contributed by atoms with van der Waals surface area (Å²) in [6, 6.07) is -0.143. The summed E-state index contributed by atoms with van der Waals surface area (Å²) < 4.78 is 6.32. The first kappa shape index (κ1) is 16.8. The van der Waals surface area contributed by atoms with E-state index >= 15 is 0 Å². The van der Waals surface area contributed by atoms with Gasteiger partial charge in [-0.3, -0.25) is 4.79 Å². The highest BCUT2D eigenvalue weighted by molar-refractivity contribution is 5.81. The molecule has 2 atom stereocenters. The molecule has 0 aromatic rings. The van der Waals surface area contributed by atoms with E-state index in [2.05, 4.69) is 24.5 Å². The molecule has 0 aromatic heterocycles. The summed E-state index contributed by atoms with van der Waals surface area (Å²) in [5.74, 6) is 0.583. The Bertz CT molecular complexity index is 338. The molecule has 1 amide bonds. The summed E-state index contributed by atoms with van der Waals surface area (Å²) in [5, 5.41) is 6.30. The molecule has 1 saturated carbocycles. The van der Waals surface area contributed by atoms with Gasteiger partial charge in [-0.25, -0.2) is 0 Å². The van der Waals surface area contributed by atoms with Crippen LogP contribution in [-0.4, -0.2) is 36.7 Å². The maximum atomic E-state index is 11.9. The van der Waals surface area contributed by atoms with Gasteiger partial charge in [0.05, 0.1) is 17.7 Å². The number of nitrogens with one attached hydrogen (secondary N) is 2. The normalized spacial score (nSPS) is 26.2. The van der Waals surface area contributed by atoms with Gasteiger partial charge in [0.15, 0.2) is 0 Å². The molecule has 1 spiro atoms. The lowest BCUT2D eigenvalue weighted by Crippen LogP contribution is -2.46. The third-order valence-electron chi connectivity index (χ3n) is 4.83. The van der Waals surface area contributed by atoms with Crippen LogP contribution >= 0.6 is 0 Å². The number of amides is 1. The van der Waals surface area contributed by atoms with Gasteiger partial charge in [0.25, 0.3) is 0 Å². The molecule has 122 valence electrons. The van der Waals surface area contributed by atoms with Crippen molar-refractivity contribution in [2.45, 2.75) is 83.5 Å². The number of rotatable bonds is 6. The van der Waals surface area contributed by atoms with Crippen LogP contribution in [-0.2, 0) is 9.53 Å². The van der Waals surface area contributed by atoms with E-state index in [0.29, 0.717) is 5.92 Å². The highest BCUT2D eigenvalue weighted by Gasteiger charge is 2.40. The van der Waals surface area contributed by atoms with Crippen LogP contribution in [0.4, 0.5) is 0 Å². The largest absolute Gasteiger partial charge is 0.370 e. The first-order valence-corrected chi connectivity index (χ1v) is 8.70. The molecule has 4 nitrogen and oxygen atoms in total. The minimum atomic E-state index is -0.143. The number of hydrogen-bond donors (Lipinski definition) is 2. The Balaban J connectivity index is 1.67. The van der Waals surface area contributed by atoms with E-state index in [4.69, 9.17) is 4.74 Å². The quantitative estimate of drug-likeness (QED) is 0.792. The van der Waals surface area contributed by atoms with Gasteiger partial charge >= 0.3 is 0 Å². The van der Waals surface area contributed by atoms with E-state index in [1.807, 2.05) is 6.92 Å². The number of ether oxygens (including phenoxy) is 1. The van der Waals surface area contributed by atoms with Crippen LogP contribution in [0.2, 0.25) is 0 Å². The highest BCUT2D eigenvalue weighted by Crippen LogP contribution is 2.41. The molecule has 0 radical (unpaired) electrons. The SMILES string of the molecule is CC(C)CNC(=O)C(C)NCC1CCC2(CCCCC2)O1. The molecule has 21 heavy (non-hydrogen) atoms. The lowest BCUT2D eigenvalue weighted by molar-refractivity contribution is -0.123. The topological polar surface area (TPSA) is 50.4 Å². The summed E-state index contributed by atoms with van der Waals surface area (Å²) in [4.78, 5) is 11.9. The Labute approximate surface area is 129 Å². The first-order valence-electron chi connectivity index (χ1n) is 8.70. The van der Waals surface area contributed by atoms with Crippen molar-refractivity contribution < 1.29 is 9.53 Å². The van der Waals surface area contributed by atoms with Gasteiger partial charge in [0.1, 0.15) is 0 Å². The maximum Gasteiger partial charge on any atom is 0.236 e. The fourth-order valence-electron chi connectivity index (χ4n) is 3.46. The lowest BCUT2D eigenvalue weighted by atomic mass is 9.83. The van der Waals surface area contributed by atoms with Crippen LogP contribution in [0.5, 0.6) is 0 Å². The molecule has 1 saturated heterocycles. The molecule has 2 unspecified atom stereocenters. The zero-order valence-corrected chi connectivity index (χ0v) is 13.9. The molecule has 2 aliphatic rings. The van der Waals surface area contributed by atoms with Gasteiger partial charge in [0, 0.05) is 13.1 Å². The molecular weight excluding hydrogens is 264 g/mol. The maximum absolute atomic E-state index is 11.9. The molecule has 1 heterocycles. The van der Waals surface area contributed by atoms with Gasteiger partial charge in [-0.15, -0.1) is 0 Å². The van der Waals surface area contributed by atoms with Gasteiger partial charge in [-0.1, -0.05) is 33.1 Å². The van der Waals surface area contributed by atoms with E-state index in [1.54, 1.807) is 0 Å². The van der Waals surface area contributed by atoms with Crippen molar-refractivity contribution in [2.75, 3.05) is 13.1 Å². The number of hydrogen-bond acceptors (Lipinski definition) is 3. The second-order valence-corrected chi connectivity index (χ2v) is 7.29. The molecule has 0 aromatic carbocycles. The Hall–Kier alpha value is -0.610. The van der Waals surface area contributed by atoms with E-state index < -0.39 is 0 Å². The average molecular weight is 296 g/mol. The molecule has 2 rings (SSSR count). The van der Waals surface area contributed by atoms with E-state index in [1.165, 1.54) is 38.5 Å². The highest BCUT2D eigenvalue weighted by atomic mass is 16.5. The van der Waals surface area contributed by atoms with Crippen molar-refractivity contribution in [3.63, 3.8) is 0 Å². The van der Waals surface area contributed by atoms with Crippen molar-refractivity contribution in [3.05, 3.63) is 0 Å². The minimum Gasteiger partial charge on any atom is -0.370 e. The van der Waals surface area contributed by atoms with Crippen LogP contribution < -0.4 is 10.6 Å². The van der Waals surface area contributed by atoms with Crippen LogP contribution in [0.3, 0.4) is 0 Å². The van der Waals surface area contributed by atoms with Crippen molar-refractivity contribution in [1.82, 2.24) is 10.6 Å². The molecule has 4 heteroatoms. The Morgan fingerprint density at radius 3 is 2.57 bits per heavy atom. The Morgan fingerprint density at radius 1 is 1.19 bits per heavy atom. The minimum absolute atomic E-state index is 0.0917. The monoisotopic (exact) mass is 296 g/mol. The molecular formula is C17H32N2O2. The first-order chi connectivity index (χ1) is 10.0. The van der Waals surface area contributed by atoms with Crippen molar-refractivity contribution in [1.29, 1.82) is 0 Å². The predicted octanol–water partition coefficient (Wildman–Crippen LogP) is 2.62. The third kappa shape index (κ3) is 4.96. The van der Waals surface area contributed by atoms with Crippen molar-refractivity contribution in [3.8, 4) is 0 Å². The summed E-state index contributed by atoms with van der Waals surface area (Å²) >= 11 is 0. The van der Waals surface area contributed by atoms with Gasteiger partial charge in [0.2, 0.25) is 5.91 Å². The molecule has 0 bridgehead atoms. The zero-order valence-electron chi connectivity index (χ0n) is 13.9. The standard InChI is InChI=1S/C17H32N2O2/c1-13(2)11-19-16(20)14(3)18-12-15-7-10-17(21-15)8-5-4-6-9-17/h13-15,18H,4-12H2,1-3H3,(H,19,20).